The van der Waals surface area contributed by atoms with Gasteiger partial charge in [-0.05, 0) is 50.1 Å². The molecule has 0 saturated heterocycles. The van der Waals surface area contributed by atoms with Crippen molar-refractivity contribution in [3.05, 3.63) is 52.6 Å². The van der Waals surface area contributed by atoms with E-state index >= 15 is 4.39 Å². The lowest BCUT2D eigenvalue weighted by Gasteiger charge is -2.16. The van der Waals surface area contributed by atoms with Gasteiger partial charge in [0.2, 0.25) is 11.8 Å². The van der Waals surface area contributed by atoms with E-state index in [9.17, 15) is 18.8 Å². The Morgan fingerprint density at radius 2 is 1.63 bits per heavy atom. The maximum atomic E-state index is 15.0. The Balaban J connectivity index is 1.52. The van der Waals surface area contributed by atoms with Crippen LogP contribution in [0.1, 0.15) is 30.1 Å². The molecule has 2 aromatic rings. The Bertz CT molecular complexity index is 1270. The highest BCUT2D eigenvalue weighted by atomic mass is 35.5. The quantitative estimate of drug-likeness (QED) is 0.337. The van der Waals surface area contributed by atoms with Crippen molar-refractivity contribution in [2.24, 2.45) is 11.3 Å². The summed E-state index contributed by atoms with van der Waals surface area (Å²) in [6.45, 7) is 1.46. The molecule has 0 radical (unpaired) electrons. The summed E-state index contributed by atoms with van der Waals surface area (Å²) in [6, 6.07) is 5.96. The second-order valence-electron chi connectivity index (χ2n) is 8.61. The van der Waals surface area contributed by atoms with Gasteiger partial charge in [0, 0.05) is 5.69 Å². The number of nitrogens with one attached hydrogen (secondary N) is 3. The predicted molar refractivity (Wildman–Crippen MR) is 133 cm³/mol. The molecule has 2 aromatic carbocycles. The van der Waals surface area contributed by atoms with Crippen molar-refractivity contribution in [1.29, 1.82) is 0 Å². The van der Waals surface area contributed by atoms with Crippen LogP contribution in [0.2, 0.25) is 5.02 Å². The van der Waals surface area contributed by atoms with Gasteiger partial charge in [0.05, 0.1) is 27.6 Å². The number of halogens is 7. The lowest BCUT2D eigenvalue weighted by Crippen LogP contribution is -2.27. The summed E-state index contributed by atoms with van der Waals surface area (Å²) in [5.74, 6) is -4.94. The first kappa shape index (κ1) is 26.2. The number of hydrogen-bond donors (Lipinski definition) is 3. The molecule has 0 aliphatic heterocycles. The molecular weight excluding hydrogens is 570 g/mol. The molecule has 13 heteroatoms. The van der Waals surface area contributed by atoms with E-state index in [1.54, 1.807) is 0 Å². The van der Waals surface area contributed by atoms with Gasteiger partial charge in [0.1, 0.15) is 20.2 Å². The number of rotatable bonds is 6. The van der Waals surface area contributed by atoms with Crippen LogP contribution in [-0.2, 0) is 9.59 Å². The van der Waals surface area contributed by atoms with Gasteiger partial charge in [0.25, 0.3) is 5.91 Å². The molecule has 3 N–H and O–H groups in total. The number of amides is 3. The fourth-order valence-electron chi connectivity index (χ4n) is 3.36. The van der Waals surface area contributed by atoms with Gasteiger partial charge in [-0.25, -0.2) is 8.78 Å². The maximum absolute atomic E-state index is 15.0. The van der Waals surface area contributed by atoms with Gasteiger partial charge in [-0.15, -0.1) is 46.4 Å². The summed E-state index contributed by atoms with van der Waals surface area (Å²) < 4.78 is 26.9. The third-order valence-electron chi connectivity index (χ3n) is 5.96. The minimum Gasteiger partial charge on any atom is -0.326 e. The van der Waals surface area contributed by atoms with Crippen LogP contribution in [0.15, 0.2) is 30.3 Å². The predicted octanol–water partition coefficient (Wildman–Crippen LogP) is 6.53. The second-order valence-corrected chi connectivity index (χ2v) is 12.0. The molecule has 4 rings (SSSR count). The maximum Gasteiger partial charge on any atom is 0.257 e. The Morgan fingerprint density at radius 3 is 2.20 bits per heavy atom. The highest BCUT2D eigenvalue weighted by Gasteiger charge is 2.68. The third kappa shape index (κ3) is 5.04. The molecular formula is C22H16Cl5F2N3O3. The van der Waals surface area contributed by atoms with E-state index < -0.39 is 60.7 Å². The summed E-state index contributed by atoms with van der Waals surface area (Å²) in [5, 5.41) is 7.03. The minimum atomic E-state index is -1.35. The van der Waals surface area contributed by atoms with Crippen LogP contribution in [0.4, 0.5) is 25.8 Å². The highest BCUT2D eigenvalue weighted by molar-refractivity contribution is 6.53. The standard InChI is InChI=1S/C22H16Cl5F2N3O3/c1-20(8-22(20,26)27)19(35)32-16-13(28)4-5-14(15(16)29)31-17(33)10-6-9(2-3-12(10)23)30-18(34)11-7-21(11,24)25/h2-6,11H,7-8H2,1H3,(H,30,34)(H,31,33)(H,32,35)/t11-,20?/m1/s1. The molecule has 6 nitrogen and oxygen atoms in total. The first-order chi connectivity index (χ1) is 16.2. The lowest BCUT2D eigenvalue weighted by molar-refractivity contribution is -0.120. The summed E-state index contributed by atoms with van der Waals surface area (Å²) in [6.07, 6.45) is 0.402. The number of carbonyl (C=O) groups is 3. The zero-order chi connectivity index (χ0) is 25.9. The normalized spacial score (nSPS) is 23.3. The molecule has 2 atom stereocenters. The Morgan fingerprint density at radius 1 is 1.00 bits per heavy atom. The van der Waals surface area contributed by atoms with E-state index in [2.05, 4.69) is 16.0 Å². The molecule has 3 amide bonds. The molecule has 2 aliphatic rings. The summed E-state index contributed by atoms with van der Waals surface area (Å²) >= 11 is 29.8. The van der Waals surface area contributed by atoms with Crippen molar-refractivity contribution in [2.45, 2.75) is 28.4 Å². The first-order valence-electron chi connectivity index (χ1n) is 10.1. The first-order valence-corrected chi connectivity index (χ1v) is 12.0. The highest BCUT2D eigenvalue weighted by Crippen LogP contribution is 2.64. The van der Waals surface area contributed by atoms with Crippen LogP contribution in [0, 0.1) is 23.0 Å². The Kier molecular flexibility index (Phi) is 6.69. The fourth-order valence-corrected chi connectivity index (χ4v) is 4.77. The van der Waals surface area contributed by atoms with Gasteiger partial charge in [-0.3, -0.25) is 14.4 Å². The summed E-state index contributed by atoms with van der Waals surface area (Å²) in [4.78, 5) is 37.5. The topological polar surface area (TPSA) is 87.3 Å². The van der Waals surface area contributed by atoms with Gasteiger partial charge >= 0.3 is 0 Å². The lowest BCUT2D eigenvalue weighted by atomic mass is 10.1. The number of carbonyl (C=O) groups excluding carboxylic acids is 3. The Hall–Kier alpha value is -1.84. The number of anilines is 3. The van der Waals surface area contributed by atoms with Crippen molar-refractivity contribution in [3.8, 4) is 0 Å². The van der Waals surface area contributed by atoms with E-state index in [1.165, 1.54) is 25.1 Å². The average molecular weight is 586 g/mol. The molecule has 0 bridgehead atoms. The van der Waals surface area contributed by atoms with Crippen molar-refractivity contribution in [2.75, 3.05) is 16.0 Å². The van der Waals surface area contributed by atoms with Crippen LogP contribution in [0.25, 0.3) is 0 Å². The molecule has 0 heterocycles. The van der Waals surface area contributed by atoms with Gasteiger partial charge in [-0.1, -0.05) is 11.6 Å². The molecule has 35 heavy (non-hydrogen) atoms. The van der Waals surface area contributed by atoms with Crippen LogP contribution in [-0.4, -0.2) is 26.4 Å². The van der Waals surface area contributed by atoms with Crippen molar-refractivity contribution in [3.63, 3.8) is 0 Å². The molecule has 2 fully saturated rings. The van der Waals surface area contributed by atoms with E-state index in [0.717, 1.165) is 12.1 Å². The van der Waals surface area contributed by atoms with E-state index in [1.807, 2.05) is 0 Å². The van der Waals surface area contributed by atoms with Crippen molar-refractivity contribution in [1.82, 2.24) is 0 Å². The molecule has 0 spiro atoms. The van der Waals surface area contributed by atoms with Crippen molar-refractivity contribution >= 4 is 92.8 Å². The smallest absolute Gasteiger partial charge is 0.257 e. The van der Waals surface area contributed by atoms with Crippen LogP contribution in [0.3, 0.4) is 0 Å². The summed E-state index contributed by atoms with van der Waals surface area (Å²) in [7, 11) is 0. The fraction of sp³-hybridized carbons (Fsp3) is 0.318. The monoisotopic (exact) mass is 583 g/mol. The second kappa shape index (κ2) is 8.92. The zero-order valence-electron chi connectivity index (χ0n) is 17.7. The van der Waals surface area contributed by atoms with E-state index in [4.69, 9.17) is 58.0 Å². The molecule has 2 saturated carbocycles. The SMILES string of the molecule is CC1(C(=O)Nc2c(F)ccc(NC(=O)c3cc(NC(=O)[C@H]4CC4(Cl)Cl)ccc3Cl)c2F)CC1(Cl)Cl. The molecule has 1 unspecified atom stereocenters. The summed E-state index contributed by atoms with van der Waals surface area (Å²) in [5.41, 5.74) is -2.28. The number of hydrogen-bond acceptors (Lipinski definition) is 3. The molecule has 0 aromatic heterocycles. The van der Waals surface area contributed by atoms with Gasteiger partial charge in [-0.2, -0.15) is 0 Å². The zero-order valence-corrected chi connectivity index (χ0v) is 21.5. The molecule has 186 valence electrons. The van der Waals surface area contributed by atoms with Crippen molar-refractivity contribution < 1.29 is 23.2 Å². The largest absolute Gasteiger partial charge is 0.326 e. The van der Waals surface area contributed by atoms with Crippen LogP contribution in [0.5, 0.6) is 0 Å². The van der Waals surface area contributed by atoms with Gasteiger partial charge in [0.15, 0.2) is 5.82 Å². The van der Waals surface area contributed by atoms with E-state index in [0.29, 0.717) is 6.42 Å². The minimum absolute atomic E-state index is 0.00854. The molecule has 2 aliphatic carbocycles. The van der Waals surface area contributed by atoms with E-state index in [-0.39, 0.29) is 22.7 Å². The van der Waals surface area contributed by atoms with Gasteiger partial charge < -0.3 is 16.0 Å². The van der Waals surface area contributed by atoms with Crippen LogP contribution >= 0.6 is 58.0 Å². The van der Waals surface area contributed by atoms with Crippen LogP contribution < -0.4 is 16.0 Å². The number of alkyl halides is 4. The number of benzene rings is 2. The Labute approximate surface area is 223 Å². The third-order valence-corrected chi connectivity index (χ3v) is 8.22. The average Bonchev–Trinajstić information content (AvgIpc) is 3.58.